The lowest BCUT2D eigenvalue weighted by molar-refractivity contribution is -0.142. The van der Waals surface area contributed by atoms with Crippen molar-refractivity contribution in [3.05, 3.63) is 65.5 Å². The van der Waals surface area contributed by atoms with Gasteiger partial charge in [-0.25, -0.2) is 4.39 Å². The smallest absolute Gasteiger partial charge is 0.261 e. The number of aryl methyl sites for hydroxylation is 1. The molecule has 0 fully saturated rings. The van der Waals surface area contributed by atoms with Crippen LogP contribution in [0.3, 0.4) is 0 Å². The molecule has 0 aliphatic carbocycles. The van der Waals surface area contributed by atoms with Gasteiger partial charge in [0.15, 0.2) is 6.61 Å². The Morgan fingerprint density at radius 1 is 1.03 bits per heavy atom. The molecular weight excluding hydrogens is 371 g/mol. The van der Waals surface area contributed by atoms with Crippen molar-refractivity contribution in [3.8, 4) is 5.75 Å². The van der Waals surface area contributed by atoms with Gasteiger partial charge in [0.2, 0.25) is 5.91 Å². The first kappa shape index (κ1) is 22.4. The van der Waals surface area contributed by atoms with Gasteiger partial charge in [0.1, 0.15) is 17.6 Å². The second-order valence-electron chi connectivity index (χ2n) is 7.56. The Morgan fingerprint density at radius 2 is 1.66 bits per heavy atom. The summed E-state index contributed by atoms with van der Waals surface area (Å²) in [7, 11) is 0. The van der Waals surface area contributed by atoms with Crippen LogP contribution in [-0.4, -0.2) is 35.9 Å². The van der Waals surface area contributed by atoms with E-state index in [1.54, 1.807) is 31.2 Å². The maximum Gasteiger partial charge on any atom is 0.261 e. The lowest BCUT2D eigenvalue weighted by Crippen LogP contribution is -2.49. The molecule has 0 saturated carbocycles. The normalized spacial score (nSPS) is 11.8. The Morgan fingerprint density at radius 3 is 2.24 bits per heavy atom. The molecule has 0 unspecified atom stereocenters. The molecule has 0 heterocycles. The Balaban J connectivity index is 2.10. The van der Waals surface area contributed by atoms with Gasteiger partial charge >= 0.3 is 0 Å². The molecule has 1 atom stereocenters. The van der Waals surface area contributed by atoms with Crippen molar-refractivity contribution in [3.63, 3.8) is 0 Å². The van der Waals surface area contributed by atoms with E-state index >= 15 is 0 Å². The van der Waals surface area contributed by atoms with Gasteiger partial charge < -0.3 is 15.0 Å². The monoisotopic (exact) mass is 400 g/mol. The molecule has 156 valence electrons. The van der Waals surface area contributed by atoms with Crippen LogP contribution in [0.4, 0.5) is 4.39 Å². The molecule has 0 aromatic heterocycles. The fourth-order valence-electron chi connectivity index (χ4n) is 2.68. The lowest BCUT2D eigenvalue weighted by atomic mass is 10.1. The van der Waals surface area contributed by atoms with Crippen LogP contribution in [-0.2, 0) is 16.1 Å². The summed E-state index contributed by atoms with van der Waals surface area (Å²) >= 11 is 0. The number of amides is 2. The molecule has 6 heteroatoms. The Hall–Kier alpha value is -2.89. The number of nitrogens with one attached hydrogen (secondary N) is 1. The highest BCUT2D eigenvalue weighted by atomic mass is 19.1. The van der Waals surface area contributed by atoms with Crippen molar-refractivity contribution in [2.45, 2.75) is 40.3 Å². The molecule has 1 N–H and O–H groups in total. The molecule has 0 aliphatic rings. The lowest BCUT2D eigenvalue weighted by Gasteiger charge is -2.29. The zero-order valence-corrected chi connectivity index (χ0v) is 17.4. The van der Waals surface area contributed by atoms with Gasteiger partial charge in [0.05, 0.1) is 0 Å². The van der Waals surface area contributed by atoms with Crippen molar-refractivity contribution in [1.29, 1.82) is 0 Å². The summed E-state index contributed by atoms with van der Waals surface area (Å²) in [6, 6.07) is 12.6. The van der Waals surface area contributed by atoms with E-state index in [-0.39, 0.29) is 30.8 Å². The summed E-state index contributed by atoms with van der Waals surface area (Å²) in [6.07, 6.45) is 0. The first-order valence-electron chi connectivity index (χ1n) is 9.77. The molecule has 0 aliphatic heterocycles. The number of nitrogens with zero attached hydrogens (tertiary/aromatic N) is 1. The van der Waals surface area contributed by atoms with E-state index in [0.717, 1.165) is 11.1 Å². The minimum atomic E-state index is -0.687. The summed E-state index contributed by atoms with van der Waals surface area (Å²) in [5.74, 6) is -0.0106. The van der Waals surface area contributed by atoms with Crippen LogP contribution >= 0.6 is 0 Å². The van der Waals surface area contributed by atoms with Crippen molar-refractivity contribution < 1.29 is 18.7 Å². The molecule has 2 amide bonds. The zero-order chi connectivity index (χ0) is 21.4. The first-order valence-corrected chi connectivity index (χ1v) is 9.77. The highest BCUT2D eigenvalue weighted by Crippen LogP contribution is 2.14. The van der Waals surface area contributed by atoms with Gasteiger partial charge in [-0.2, -0.15) is 0 Å². The van der Waals surface area contributed by atoms with Crippen LogP contribution in [0.5, 0.6) is 5.75 Å². The van der Waals surface area contributed by atoms with E-state index in [1.165, 1.54) is 17.0 Å². The topological polar surface area (TPSA) is 58.6 Å². The summed E-state index contributed by atoms with van der Waals surface area (Å²) < 4.78 is 18.8. The Bertz CT molecular complexity index is 804. The number of benzene rings is 2. The minimum absolute atomic E-state index is 0.187. The molecule has 2 rings (SSSR count). The van der Waals surface area contributed by atoms with E-state index in [9.17, 15) is 14.0 Å². The highest BCUT2D eigenvalue weighted by molar-refractivity contribution is 5.87. The van der Waals surface area contributed by atoms with Crippen LogP contribution in [0.1, 0.15) is 31.9 Å². The van der Waals surface area contributed by atoms with E-state index < -0.39 is 6.04 Å². The number of hydrogen-bond donors (Lipinski definition) is 1. The number of halogens is 1. The quantitative estimate of drug-likeness (QED) is 0.698. The third-order valence-electron chi connectivity index (χ3n) is 4.50. The molecule has 2 aromatic carbocycles. The largest absolute Gasteiger partial charge is 0.484 e. The average molecular weight is 400 g/mol. The SMILES string of the molecule is Cc1ccc(OCC(=O)N(Cc2ccc(F)cc2)[C@H](C)C(=O)NCC(C)C)cc1. The van der Waals surface area contributed by atoms with Crippen LogP contribution in [0, 0.1) is 18.7 Å². The fourth-order valence-corrected chi connectivity index (χ4v) is 2.68. The maximum atomic E-state index is 13.2. The highest BCUT2D eigenvalue weighted by Gasteiger charge is 2.26. The number of carbonyl (C=O) groups excluding carboxylic acids is 2. The third-order valence-corrected chi connectivity index (χ3v) is 4.50. The van der Waals surface area contributed by atoms with Crippen molar-refractivity contribution in [1.82, 2.24) is 10.2 Å². The third kappa shape index (κ3) is 7.22. The summed E-state index contributed by atoms with van der Waals surface area (Å²) in [6.45, 7) is 8.18. The van der Waals surface area contributed by atoms with Crippen LogP contribution in [0.25, 0.3) is 0 Å². The number of carbonyl (C=O) groups is 2. The molecule has 5 nitrogen and oxygen atoms in total. The van der Waals surface area contributed by atoms with Gasteiger partial charge in [-0.3, -0.25) is 9.59 Å². The molecule has 2 aromatic rings. The molecule has 0 saturated heterocycles. The van der Waals surface area contributed by atoms with Crippen molar-refractivity contribution >= 4 is 11.8 Å². The van der Waals surface area contributed by atoms with E-state index in [1.807, 2.05) is 32.9 Å². The minimum Gasteiger partial charge on any atom is -0.484 e. The summed E-state index contributed by atoms with van der Waals surface area (Å²) in [5.41, 5.74) is 1.83. The van der Waals surface area contributed by atoms with Crippen LogP contribution in [0.15, 0.2) is 48.5 Å². The summed E-state index contributed by atoms with van der Waals surface area (Å²) in [5, 5.41) is 2.86. The van der Waals surface area contributed by atoms with Crippen LogP contribution in [0.2, 0.25) is 0 Å². The zero-order valence-electron chi connectivity index (χ0n) is 17.4. The maximum absolute atomic E-state index is 13.2. The van der Waals surface area contributed by atoms with Crippen molar-refractivity contribution in [2.24, 2.45) is 5.92 Å². The standard InChI is InChI=1S/C23H29FN2O3/c1-16(2)13-25-23(28)18(4)26(14-19-7-9-20(24)10-8-19)22(27)15-29-21-11-5-17(3)6-12-21/h5-12,16,18H,13-15H2,1-4H3,(H,25,28)/t18-/m1/s1. The molecule has 0 spiro atoms. The number of rotatable bonds is 9. The van der Waals surface area contributed by atoms with Gasteiger partial charge in [-0.15, -0.1) is 0 Å². The van der Waals surface area contributed by atoms with Crippen LogP contribution < -0.4 is 10.1 Å². The Labute approximate surface area is 171 Å². The van der Waals surface area contributed by atoms with Gasteiger partial charge in [-0.05, 0) is 49.6 Å². The van der Waals surface area contributed by atoms with E-state index in [4.69, 9.17) is 4.74 Å². The van der Waals surface area contributed by atoms with E-state index in [2.05, 4.69) is 5.32 Å². The van der Waals surface area contributed by atoms with Gasteiger partial charge in [0.25, 0.3) is 5.91 Å². The van der Waals surface area contributed by atoms with Gasteiger partial charge in [0, 0.05) is 13.1 Å². The van der Waals surface area contributed by atoms with Crippen molar-refractivity contribution in [2.75, 3.05) is 13.2 Å². The first-order chi connectivity index (χ1) is 13.8. The number of hydrogen-bond acceptors (Lipinski definition) is 3. The predicted molar refractivity (Wildman–Crippen MR) is 111 cm³/mol. The predicted octanol–water partition coefficient (Wildman–Crippen LogP) is 3.70. The Kier molecular flexibility index (Phi) is 8.19. The number of ether oxygens (including phenoxy) is 1. The second kappa shape index (κ2) is 10.6. The molecule has 0 bridgehead atoms. The second-order valence-corrected chi connectivity index (χ2v) is 7.56. The van der Waals surface area contributed by atoms with E-state index in [0.29, 0.717) is 18.2 Å². The van der Waals surface area contributed by atoms with Gasteiger partial charge in [-0.1, -0.05) is 43.7 Å². The summed E-state index contributed by atoms with van der Waals surface area (Å²) in [4.78, 5) is 26.9. The molecule has 0 radical (unpaired) electrons. The average Bonchev–Trinajstić information content (AvgIpc) is 2.70. The molecule has 29 heavy (non-hydrogen) atoms. The molecular formula is C23H29FN2O3. The fraction of sp³-hybridized carbons (Fsp3) is 0.391.